The van der Waals surface area contributed by atoms with Gasteiger partial charge in [-0.1, -0.05) is 0 Å². The third kappa shape index (κ3) is 4.55. The lowest BCUT2D eigenvalue weighted by molar-refractivity contribution is -0.138. The Morgan fingerprint density at radius 1 is 1.39 bits per heavy atom. The molecule has 1 saturated heterocycles. The van der Waals surface area contributed by atoms with Crippen molar-refractivity contribution >= 4 is 5.91 Å². The summed E-state index contributed by atoms with van der Waals surface area (Å²) in [5.41, 5.74) is -0.361. The molecule has 0 bridgehead atoms. The number of hydrogen-bond donors (Lipinski definition) is 1. The van der Waals surface area contributed by atoms with Gasteiger partial charge in [0.1, 0.15) is 0 Å². The summed E-state index contributed by atoms with van der Waals surface area (Å²) in [5.74, 6) is 0.164. The molecule has 1 rings (SSSR count). The lowest BCUT2D eigenvalue weighted by Gasteiger charge is -2.34. The second-order valence-electron chi connectivity index (χ2n) is 5.98. The van der Waals surface area contributed by atoms with E-state index in [-0.39, 0.29) is 17.4 Å². The zero-order valence-electron chi connectivity index (χ0n) is 12.3. The van der Waals surface area contributed by atoms with Crippen LogP contribution >= 0.6 is 0 Å². The third-order valence-electron chi connectivity index (χ3n) is 3.17. The van der Waals surface area contributed by atoms with Gasteiger partial charge in [0.25, 0.3) is 0 Å². The van der Waals surface area contributed by atoms with Gasteiger partial charge in [0.15, 0.2) is 0 Å². The highest BCUT2D eigenvalue weighted by molar-refractivity contribution is 5.81. The van der Waals surface area contributed by atoms with Crippen LogP contribution in [0.25, 0.3) is 0 Å². The van der Waals surface area contributed by atoms with Gasteiger partial charge in [-0.2, -0.15) is 0 Å². The predicted octanol–water partition coefficient (Wildman–Crippen LogP) is 0.0210. The molecule has 5 nitrogen and oxygen atoms in total. The molecule has 1 fully saturated rings. The lowest BCUT2D eigenvalue weighted by atomic mass is 9.91. The fraction of sp³-hybridized carbons (Fsp3) is 0.923. The molecule has 1 unspecified atom stereocenters. The molecular weight excluding hydrogens is 230 g/mol. The molecule has 0 aliphatic carbocycles. The molecule has 0 aromatic rings. The molecule has 0 spiro atoms. The monoisotopic (exact) mass is 257 g/mol. The molecule has 0 radical (unpaired) electrons. The van der Waals surface area contributed by atoms with E-state index in [0.717, 1.165) is 32.8 Å². The molecule has 0 aromatic heterocycles. The molecule has 1 aliphatic heterocycles. The lowest BCUT2D eigenvalue weighted by Crippen LogP contribution is -2.48. The molecule has 1 amide bonds. The smallest absolute Gasteiger partial charge is 0.229 e. The van der Waals surface area contributed by atoms with E-state index >= 15 is 0 Å². The maximum Gasteiger partial charge on any atom is 0.229 e. The van der Waals surface area contributed by atoms with E-state index in [9.17, 15) is 4.79 Å². The van der Waals surface area contributed by atoms with Gasteiger partial charge in [0.2, 0.25) is 5.91 Å². The van der Waals surface area contributed by atoms with Crippen molar-refractivity contribution in [3.8, 4) is 0 Å². The van der Waals surface area contributed by atoms with Gasteiger partial charge in [0.05, 0.1) is 18.1 Å². The van der Waals surface area contributed by atoms with E-state index in [4.69, 9.17) is 4.74 Å². The molecule has 1 aliphatic rings. The summed E-state index contributed by atoms with van der Waals surface area (Å²) in [6.45, 7) is 8.19. The normalized spacial score (nSPS) is 21.1. The first kappa shape index (κ1) is 15.4. The Kier molecular flexibility index (Phi) is 5.56. The maximum atomic E-state index is 12.0. The van der Waals surface area contributed by atoms with Gasteiger partial charge in [-0.3, -0.25) is 4.79 Å². The SMILES string of the molecule is CN(CC1CNCCO1)CC(C)(C)C(=O)N(C)C. The Morgan fingerprint density at radius 2 is 2.06 bits per heavy atom. The topological polar surface area (TPSA) is 44.8 Å². The molecule has 1 heterocycles. The summed E-state index contributed by atoms with van der Waals surface area (Å²) in [7, 11) is 5.65. The van der Waals surface area contributed by atoms with Crippen LogP contribution in [0, 0.1) is 5.41 Å². The van der Waals surface area contributed by atoms with Crippen molar-refractivity contribution in [3.05, 3.63) is 0 Å². The minimum atomic E-state index is -0.361. The minimum Gasteiger partial charge on any atom is -0.374 e. The molecule has 18 heavy (non-hydrogen) atoms. The van der Waals surface area contributed by atoms with E-state index in [1.165, 1.54) is 0 Å². The highest BCUT2D eigenvalue weighted by Gasteiger charge is 2.31. The van der Waals surface area contributed by atoms with E-state index < -0.39 is 0 Å². The maximum absolute atomic E-state index is 12.0. The van der Waals surface area contributed by atoms with Crippen LogP contribution < -0.4 is 5.32 Å². The van der Waals surface area contributed by atoms with Gasteiger partial charge in [-0.15, -0.1) is 0 Å². The molecule has 106 valence electrons. The second-order valence-corrected chi connectivity index (χ2v) is 5.98. The molecule has 5 heteroatoms. The van der Waals surface area contributed by atoms with Crippen LogP contribution in [-0.4, -0.2) is 75.7 Å². The van der Waals surface area contributed by atoms with Crippen LogP contribution in [0.5, 0.6) is 0 Å². The zero-order valence-corrected chi connectivity index (χ0v) is 12.3. The van der Waals surface area contributed by atoms with Gasteiger partial charge in [-0.05, 0) is 20.9 Å². The number of carbonyl (C=O) groups excluding carboxylic acids is 1. The Hall–Kier alpha value is -0.650. The standard InChI is InChI=1S/C13H27N3O2/c1-13(2,12(17)15(3)4)10-16(5)9-11-8-14-6-7-18-11/h11,14H,6-10H2,1-5H3. The molecule has 0 aromatic carbocycles. The first-order chi connectivity index (χ1) is 8.33. The number of nitrogens with one attached hydrogen (secondary N) is 1. The second kappa shape index (κ2) is 6.50. The predicted molar refractivity (Wildman–Crippen MR) is 72.6 cm³/mol. The first-order valence-electron chi connectivity index (χ1n) is 6.55. The Morgan fingerprint density at radius 3 is 2.56 bits per heavy atom. The van der Waals surface area contributed by atoms with Crippen LogP contribution in [0.1, 0.15) is 13.8 Å². The average Bonchev–Trinajstić information content (AvgIpc) is 2.28. The van der Waals surface area contributed by atoms with E-state index in [2.05, 4.69) is 10.2 Å². The molecular formula is C13H27N3O2. The van der Waals surface area contributed by atoms with Gasteiger partial charge >= 0.3 is 0 Å². The van der Waals surface area contributed by atoms with Crippen LogP contribution in [0.4, 0.5) is 0 Å². The Balaban J connectivity index is 2.42. The fourth-order valence-corrected chi connectivity index (χ4v) is 2.50. The molecule has 1 N–H and O–H groups in total. The zero-order chi connectivity index (χ0) is 13.8. The van der Waals surface area contributed by atoms with Gasteiger partial charge in [-0.25, -0.2) is 0 Å². The third-order valence-corrected chi connectivity index (χ3v) is 3.17. The summed E-state index contributed by atoms with van der Waals surface area (Å²) in [6.07, 6.45) is 0.231. The summed E-state index contributed by atoms with van der Waals surface area (Å²) in [6, 6.07) is 0. The number of hydrogen-bond acceptors (Lipinski definition) is 4. The Bertz CT molecular complexity index is 273. The van der Waals surface area contributed by atoms with Crippen molar-refractivity contribution in [2.45, 2.75) is 20.0 Å². The summed E-state index contributed by atoms with van der Waals surface area (Å²) in [4.78, 5) is 15.9. The summed E-state index contributed by atoms with van der Waals surface area (Å²) in [5, 5.41) is 3.32. The van der Waals surface area contributed by atoms with E-state index in [0.29, 0.717) is 0 Å². The highest BCUT2D eigenvalue weighted by Crippen LogP contribution is 2.19. The largest absolute Gasteiger partial charge is 0.374 e. The number of amides is 1. The molecule has 0 saturated carbocycles. The summed E-state index contributed by atoms with van der Waals surface area (Å²) < 4.78 is 5.67. The molecule has 1 atom stereocenters. The summed E-state index contributed by atoms with van der Waals surface area (Å²) >= 11 is 0. The van der Waals surface area contributed by atoms with Crippen LogP contribution in [0.3, 0.4) is 0 Å². The quantitative estimate of drug-likeness (QED) is 0.754. The number of likely N-dealkylation sites (N-methyl/N-ethyl adjacent to an activating group) is 1. The Labute approximate surface area is 110 Å². The first-order valence-corrected chi connectivity index (χ1v) is 6.55. The van der Waals surface area contributed by atoms with E-state index in [1.54, 1.807) is 19.0 Å². The van der Waals surface area contributed by atoms with E-state index in [1.807, 2.05) is 20.9 Å². The van der Waals surface area contributed by atoms with Gasteiger partial charge < -0.3 is 19.9 Å². The number of rotatable bonds is 5. The number of ether oxygens (including phenoxy) is 1. The van der Waals surface area contributed by atoms with Crippen molar-refractivity contribution in [1.82, 2.24) is 15.1 Å². The van der Waals surface area contributed by atoms with Crippen LogP contribution in [0.2, 0.25) is 0 Å². The van der Waals surface area contributed by atoms with Crippen LogP contribution in [0.15, 0.2) is 0 Å². The van der Waals surface area contributed by atoms with Crippen molar-refractivity contribution in [3.63, 3.8) is 0 Å². The van der Waals surface area contributed by atoms with Crippen molar-refractivity contribution in [2.24, 2.45) is 5.41 Å². The van der Waals surface area contributed by atoms with Crippen LogP contribution in [-0.2, 0) is 9.53 Å². The number of morpholine rings is 1. The van der Waals surface area contributed by atoms with Crippen molar-refractivity contribution in [2.75, 3.05) is 53.9 Å². The average molecular weight is 257 g/mol. The number of carbonyl (C=O) groups is 1. The van der Waals surface area contributed by atoms with Crippen molar-refractivity contribution in [1.29, 1.82) is 0 Å². The highest BCUT2D eigenvalue weighted by atomic mass is 16.5. The van der Waals surface area contributed by atoms with Crippen molar-refractivity contribution < 1.29 is 9.53 Å². The fourth-order valence-electron chi connectivity index (χ4n) is 2.50. The minimum absolute atomic E-state index is 0.164. The van der Waals surface area contributed by atoms with Gasteiger partial charge in [0, 0.05) is 40.3 Å². The number of nitrogens with zero attached hydrogens (tertiary/aromatic N) is 2.